The highest BCUT2D eigenvalue weighted by Crippen LogP contribution is 2.33. The van der Waals surface area contributed by atoms with Gasteiger partial charge >= 0.3 is 0 Å². The van der Waals surface area contributed by atoms with Gasteiger partial charge in [-0.05, 0) is 38.8 Å². The van der Waals surface area contributed by atoms with Crippen molar-refractivity contribution in [1.82, 2.24) is 25.1 Å². The van der Waals surface area contributed by atoms with Crippen LogP contribution in [0.5, 0.6) is 0 Å². The maximum atomic E-state index is 13.0. The van der Waals surface area contributed by atoms with Crippen molar-refractivity contribution in [2.75, 3.05) is 11.9 Å². The largest absolute Gasteiger partial charge is 0.425 e. The van der Waals surface area contributed by atoms with Crippen LogP contribution >= 0.6 is 11.3 Å². The number of rotatable bonds is 7. The first kappa shape index (κ1) is 21.4. The quantitative estimate of drug-likeness (QED) is 0.568. The molecule has 1 N–H and O–H groups in total. The Morgan fingerprint density at radius 2 is 2.10 bits per heavy atom. The molecule has 1 aliphatic rings. The van der Waals surface area contributed by atoms with Crippen LogP contribution in [0.2, 0.25) is 0 Å². The number of thiazole rings is 1. The topological polar surface area (TPSA) is 97.0 Å². The van der Waals surface area contributed by atoms with Gasteiger partial charge in [0.2, 0.25) is 17.7 Å². The molecule has 8 nitrogen and oxygen atoms in total. The second kappa shape index (κ2) is 9.13. The van der Waals surface area contributed by atoms with Crippen molar-refractivity contribution in [3.8, 4) is 0 Å². The molecule has 31 heavy (non-hydrogen) atoms. The van der Waals surface area contributed by atoms with Crippen molar-refractivity contribution in [3.63, 3.8) is 0 Å². The zero-order chi connectivity index (χ0) is 22.0. The molecule has 3 aromatic rings. The van der Waals surface area contributed by atoms with Gasteiger partial charge in [-0.2, -0.15) is 0 Å². The predicted molar refractivity (Wildman–Crippen MR) is 120 cm³/mol. The van der Waals surface area contributed by atoms with Crippen LogP contribution in [0.25, 0.3) is 0 Å². The molecule has 0 saturated carbocycles. The average molecular weight is 441 g/mol. The van der Waals surface area contributed by atoms with Gasteiger partial charge in [-0.3, -0.25) is 9.78 Å². The van der Waals surface area contributed by atoms with E-state index in [9.17, 15) is 4.79 Å². The van der Waals surface area contributed by atoms with Crippen molar-refractivity contribution in [1.29, 1.82) is 0 Å². The molecule has 164 valence electrons. The average Bonchev–Trinajstić information content (AvgIpc) is 3.46. The fraction of sp³-hybridized carbons (Fsp3) is 0.500. The van der Waals surface area contributed by atoms with E-state index in [1.54, 1.807) is 11.3 Å². The van der Waals surface area contributed by atoms with E-state index in [1.165, 1.54) is 0 Å². The number of aryl methyl sites for hydroxylation is 3. The first-order valence-corrected chi connectivity index (χ1v) is 11.6. The number of likely N-dealkylation sites (tertiary alicyclic amines) is 1. The van der Waals surface area contributed by atoms with E-state index in [-0.39, 0.29) is 17.9 Å². The number of carbonyl (C=O) groups is 1. The zero-order valence-corrected chi connectivity index (χ0v) is 19.2. The zero-order valence-electron chi connectivity index (χ0n) is 18.4. The third-order valence-electron chi connectivity index (χ3n) is 5.29. The molecule has 1 fully saturated rings. The van der Waals surface area contributed by atoms with Gasteiger partial charge in [-0.1, -0.05) is 13.8 Å². The summed E-state index contributed by atoms with van der Waals surface area (Å²) in [7, 11) is 0. The first-order valence-electron chi connectivity index (χ1n) is 10.7. The Morgan fingerprint density at radius 1 is 1.26 bits per heavy atom. The Bertz CT molecular complexity index is 1060. The number of pyridine rings is 1. The Hall–Kier alpha value is -2.81. The molecule has 0 aromatic carbocycles. The number of hydrogen-bond acceptors (Lipinski definition) is 8. The smallest absolute Gasteiger partial charge is 0.223 e. The molecular formula is C22H28N6O2S. The third-order valence-corrected chi connectivity index (χ3v) is 6.16. The Kier molecular flexibility index (Phi) is 6.31. The first-order chi connectivity index (χ1) is 14.9. The molecule has 0 bridgehead atoms. The predicted octanol–water partition coefficient (Wildman–Crippen LogP) is 4.70. The Morgan fingerprint density at radius 3 is 2.81 bits per heavy atom. The van der Waals surface area contributed by atoms with Gasteiger partial charge in [0, 0.05) is 42.1 Å². The van der Waals surface area contributed by atoms with Gasteiger partial charge < -0.3 is 14.6 Å². The number of hydrogen-bond donors (Lipinski definition) is 1. The lowest BCUT2D eigenvalue weighted by Gasteiger charge is -2.25. The van der Waals surface area contributed by atoms with Crippen LogP contribution in [0.1, 0.15) is 73.9 Å². The number of anilines is 2. The maximum absolute atomic E-state index is 13.0. The maximum Gasteiger partial charge on any atom is 0.223 e. The van der Waals surface area contributed by atoms with Gasteiger partial charge in [0.15, 0.2) is 5.13 Å². The fourth-order valence-electron chi connectivity index (χ4n) is 3.80. The summed E-state index contributed by atoms with van der Waals surface area (Å²) in [4.78, 5) is 24.2. The molecule has 9 heteroatoms. The van der Waals surface area contributed by atoms with E-state index in [2.05, 4.69) is 20.5 Å². The Labute approximate surface area is 186 Å². The van der Waals surface area contributed by atoms with Crippen molar-refractivity contribution < 1.29 is 9.21 Å². The summed E-state index contributed by atoms with van der Waals surface area (Å²) in [5.74, 6) is 1.41. The molecule has 1 saturated heterocycles. The van der Waals surface area contributed by atoms with Crippen LogP contribution in [0.4, 0.5) is 10.8 Å². The highest BCUT2D eigenvalue weighted by molar-refractivity contribution is 7.13. The third kappa shape index (κ3) is 5.10. The SMILES string of the molecule is Cc1cc(Nc2nc(C)cs2)cc([C@H]2CCCN2C(=O)CCc2nnc(C(C)C)o2)n1. The van der Waals surface area contributed by atoms with Crippen molar-refractivity contribution >= 4 is 28.1 Å². The van der Waals surface area contributed by atoms with Gasteiger partial charge in [0.1, 0.15) is 0 Å². The molecule has 1 atom stereocenters. The summed E-state index contributed by atoms with van der Waals surface area (Å²) in [6.45, 7) is 8.71. The number of nitrogens with one attached hydrogen (secondary N) is 1. The standard InChI is InChI=1S/C22H28N6O2S/c1-13(2)21-27-26-19(30-21)7-8-20(29)28-9-5-6-18(28)17-11-16(10-14(3)23-17)25-22-24-15(4)12-31-22/h10-13,18H,5-9H2,1-4H3,(H,23,24,25)/t18-/m1/s1. The molecule has 4 heterocycles. The molecule has 0 radical (unpaired) electrons. The van der Waals surface area contributed by atoms with Crippen molar-refractivity contribution in [3.05, 3.63) is 46.4 Å². The van der Waals surface area contributed by atoms with Crippen LogP contribution < -0.4 is 5.32 Å². The Balaban J connectivity index is 1.45. The molecule has 0 aliphatic carbocycles. The van der Waals surface area contributed by atoms with E-state index in [0.717, 1.165) is 47.3 Å². The summed E-state index contributed by atoms with van der Waals surface area (Å²) in [6, 6.07) is 4.02. The molecule has 0 spiro atoms. The van der Waals surface area contributed by atoms with E-state index >= 15 is 0 Å². The van der Waals surface area contributed by atoms with Gasteiger partial charge in [0.25, 0.3) is 0 Å². The summed E-state index contributed by atoms with van der Waals surface area (Å²) in [5, 5.41) is 14.4. The lowest BCUT2D eigenvalue weighted by Crippen LogP contribution is -2.31. The highest BCUT2D eigenvalue weighted by atomic mass is 32.1. The molecule has 0 unspecified atom stereocenters. The van der Waals surface area contributed by atoms with Crippen molar-refractivity contribution in [2.24, 2.45) is 0 Å². The summed E-state index contributed by atoms with van der Waals surface area (Å²) < 4.78 is 5.64. The monoisotopic (exact) mass is 440 g/mol. The second-order valence-electron chi connectivity index (χ2n) is 8.28. The van der Waals surface area contributed by atoms with Crippen LogP contribution in [0, 0.1) is 13.8 Å². The molecular weight excluding hydrogens is 412 g/mol. The summed E-state index contributed by atoms with van der Waals surface area (Å²) in [5.41, 5.74) is 3.78. The van der Waals surface area contributed by atoms with E-state index in [0.29, 0.717) is 24.6 Å². The lowest BCUT2D eigenvalue weighted by atomic mass is 10.1. The summed E-state index contributed by atoms with van der Waals surface area (Å²) in [6.07, 6.45) is 2.69. The number of amides is 1. The summed E-state index contributed by atoms with van der Waals surface area (Å²) >= 11 is 1.57. The lowest BCUT2D eigenvalue weighted by molar-refractivity contribution is -0.132. The minimum absolute atomic E-state index is 0.0140. The van der Waals surface area contributed by atoms with Gasteiger partial charge in [-0.25, -0.2) is 4.98 Å². The molecule has 1 amide bonds. The van der Waals surface area contributed by atoms with Crippen molar-refractivity contribution in [2.45, 2.75) is 65.3 Å². The van der Waals surface area contributed by atoms with Crippen LogP contribution in [0.15, 0.2) is 21.9 Å². The number of aromatic nitrogens is 4. The minimum atomic E-state index is -0.0140. The minimum Gasteiger partial charge on any atom is -0.425 e. The highest BCUT2D eigenvalue weighted by Gasteiger charge is 2.31. The fourth-order valence-corrected chi connectivity index (χ4v) is 4.51. The number of carbonyl (C=O) groups excluding carboxylic acids is 1. The normalized spacial score (nSPS) is 16.3. The van der Waals surface area contributed by atoms with Gasteiger partial charge in [0.05, 0.1) is 17.4 Å². The van der Waals surface area contributed by atoms with E-state index in [4.69, 9.17) is 9.40 Å². The molecule has 4 rings (SSSR count). The van der Waals surface area contributed by atoms with Crippen LogP contribution in [-0.2, 0) is 11.2 Å². The van der Waals surface area contributed by atoms with Crippen LogP contribution in [0.3, 0.4) is 0 Å². The van der Waals surface area contributed by atoms with E-state index < -0.39 is 0 Å². The number of nitrogens with zero attached hydrogens (tertiary/aromatic N) is 5. The van der Waals surface area contributed by atoms with Crippen LogP contribution in [-0.4, -0.2) is 37.5 Å². The molecule has 3 aromatic heterocycles. The van der Waals surface area contributed by atoms with Gasteiger partial charge in [-0.15, -0.1) is 21.5 Å². The second-order valence-corrected chi connectivity index (χ2v) is 9.13. The molecule has 1 aliphatic heterocycles. The van der Waals surface area contributed by atoms with E-state index in [1.807, 2.05) is 50.1 Å².